The van der Waals surface area contributed by atoms with Crippen molar-refractivity contribution in [2.24, 2.45) is 0 Å². The predicted molar refractivity (Wildman–Crippen MR) is 83.5 cm³/mol. The predicted octanol–water partition coefficient (Wildman–Crippen LogP) is 2.96. The van der Waals surface area contributed by atoms with Crippen molar-refractivity contribution >= 4 is 11.0 Å². The zero-order valence-electron chi connectivity index (χ0n) is 12.9. The van der Waals surface area contributed by atoms with Gasteiger partial charge in [-0.25, -0.2) is 9.37 Å². The SMILES string of the molecule is Cc1ccc2nc(COC3CN(C4CCC4)CC3F)[nH]c2c1. The number of aromatic nitrogens is 2. The van der Waals surface area contributed by atoms with E-state index in [0.717, 1.165) is 16.9 Å². The molecule has 4 rings (SSSR count). The lowest BCUT2D eigenvalue weighted by molar-refractivity contribution is 0.00648. The zero-order chi connectivity index (χ0) is 15.1. The van der Waals surface area contributed by atoms with Gasteiger partial charge in [-0.15, -0.1) is 0 Å². The van der Waals surface area contributed by atoms with Crippen molar-refractivity contribution in [2.75, 3.05) is 13.1 Å². The van der Waals surface area contributed by atoms with Crippen molar-refractivity contribution in [1.82, 2.24) is 14.9 Å². The van der Waals surface area contributed by atoms with Gasteiger partial charge in [0.25, 0.3) is 0 Å². The van der Waals surface area contributed by atoms with Gasteiger partial charge in [-0.1, -0.05) is 12.5 Å². The number of rotatable bonds is 4. The molecule has 1 aromatic carbocycles. The first-order chi connectivity index (χ1) is 10.7. The first kappa shape index (κ1) is 14.2. The standard InChI is InChI=1S/C17H22FN3O/c1-11-5-6-14-15(7-11)20-17(19-14)10-22-16-9-21(8-13(16)18)12-3-2-4-12/h5-7,12-13,16H,2-4,8-10H2,1H3,(H,19,20). The van der Waals surface area contributed by atoms with Crippen LogP contribution in [0.3, 0.4) is 0 Å². The summed E-state index contributed by atoms with van der Waals surface area (Å²) in [6, 6.07) is 6.69. The van der Waals surface area contributed by atoms with Gasteiger partial charge in [0.05, 0.1) is 11.0 Å². The Morgan fingerprint density at radius 2 is 2.23 bits per heavy atom. The molecule has 0 spiro atoms. The van der Waals surface area contributed by atoms with Gasteiger partial charge < -0.3 is 9.72 Å². The van der Waals surface area contributed by atoms with Crippen molar-refractivity contribution in [3.63, 3.8) is 0 Å². The van der Waals surface area contributed by atoms with E-state index in [0.29, 0.717) is 25.7 Å². The number of hydrogen-bond acceptors (Lipinski definition) is 3. The smallest absolute Gasteiger partial charge is 0.140 e. The molecule has 22 heavy (non-hydrogen) atoms. The van der Waals surface area contributed by atoms with Crippen LogP contribution in [0.15, 0.2) is 18.2 Å². The number of H-pyrrole nitrogens is 1. The molecule has 2 fully saturated rings. The van der Waals surface area contributed by atoms with Gasteiger partial charge in [0, 0.05) is 19.1 Å². The maximum atomic E-state index is 14.1. The lowest BCUT2D eigenvalue weighted by Gasteiger charge is -2.34. The number of fused-ring (bicyclic) bond motifs is 1. The Balaban J connectivity index is 1.38. The number of alkyl halides is 1. The molecule has 1 saturated heterocycles. The van der Waals surface area contributed by atoms with E-state index in [9.17, 15) is 4.39 Å². The molecular formula is C17H22FN3O. The zero-order valence-corrected chi connectivity index (χ0v) is 12.9. The maximum Gasteiger partial charge on any atom is 0.140 e. The van der Waals surface area contributed by atoms with Crippen molar-refractivity contribution < 1.29 is 9.13 Å². The highest BCUT2D eigenvalue weighted by Gasteiger charge is 2.38. The van der Waals surface area contributed by atoms with Crippen LogP contribution in [0.2, 0.25) is 0 Å². The third kappa shape index (κ3) is 2.63. The quantitative estimate of drug-likeness (QED) is 0.944. The van der Waals surface area contributed by atoms with E-state index >= 15 is 0 Å². The van der Waals surface area contributed by atoms with Gasteiger partial charge >= 0.3 is 0 Å². The molecule has 1 aliphatic carbocycles. The summed E-state index contributed by atoms with van der Waals surface area (Å²) >= 11 is 0. The van der Waals surface area contributed by atoms with Gasteiger partial charge in [0.15, 0.2) is 0 Å². The van der Waals surface area contributed by atoms with Crippen molar-refractivity contribution in [3.05, 3.63) is 29.6 Å². The lowest BCUT2D eigenvalue weighted by atomic mass is 9.92. The van der Waals surface area contributed by atoms with E-state index in [1.165, 1.54) is 24.8 Å². The number of nitrogens with one attached hydrogen (secondary N) is 1. The number of halogens is 1. The van der Waals surface area contributed by atoms with E-state index in [-0.39, 0.29) is 6.10 Å². The normalized spacial score (nSPS) is 26.6. The minimum atomic E-state index is -0.882. The molecular weight excluding hydrogens is 281 g/mol. The molecule has 2 heterocycles. The van der Waals surface area contributed by atoms with Crippen molar-refractivity contribution in [1.29, 1.82) is 0 Å². The summed E-state index contributed by atoms with van der Waals surface area (Å²) in [7, 11) is 0. The second-order valence-electron chi connectivity index (χ2n) is 6.61. The van der Waals surface area contributed by atoms with E-state index in [1.807, 2.05) is 12.1 Å². The van der Waals surface area contributed by atoms with E-state index in [1.54, 1.807) is 0 Å². The molecule has 0 radical (unpaired) electrons. The van der Waals surface area contributed by atoms with Crippen LogP contribution < -0.4 is 0 Å². The largest absolute Gasteiger partial charge is 0.366 e. The topological polar surface area (TPSA) is 41.1 Å². The average Bonchev–Trinajstić information content (AvgIpc) is 2.97. The summed E-state index contributed by atoms with van der Waals surface area (Å²) in [4.78, 5) is 10.0. The van der Waals surface area contributed by atoms with Crippen LogP contribution in [-0.2, 0) is 11.3 Å². The monoisotopic (exact) mass is 303 g/mol. The number of ether oxygens (including phenoxy) is 1. The third-order valence-corrected chi connectivity index (χ3v) is 4.94. The summed E-state index contributed by atoms with van der Waals surface area (Å²) < 4.78 is 19.9. The number of nitrogens with zero attached hydrogens (tertiary/aromatic N) is 2. The second kappa shape index (κ2) is 5.63. The van der Waals surface area contributed by atoms with Crippen LogP contribution in [0.5, 0.6) is 0 Å². The summed E-state index contributed by atoms with van der Waals surface area (Å²) in [5.41, 5.74) is 3.14. The maximum absolute atomic E-state index is 14.1. The van der Waals surface area contributed by atoms with Crippen molar-refractivity contribution in [2.45, 2.75) is 51.1 Å². The highest BCUT2D eigenvalue weighted by molar-refractivity contribution is 5.75. The summed E-state index contributed by atoms with van der Waals surface area (Å²) in [5.74, 6) is 0.773. The molecule has 0 amide bonds. The molecule has 2 atom stereocenters. The first-order valence-corrected chi connectivity index (χ1v) is 8.14. The molecule has 1 N–H and O–H groups in total. The molecule has 2 aromatic rings. The van der Waals surface area contributed by atoms with Gasteiger partial charge in [-0.3, -0.25) is 4.90 Å². The van der Waals surface area contributed by atoms with Crippen LogP contribution in [0.25, 0.3) is 11.0 Å². The Bertz CT molecular complexity index is 667. The van der Waals surface area contributed by atoms with Crippen LogP contribution in [0.1, 0.15) is 30.7 Å². The fourth-order valence-electron chi connectivity index (χ4n) is 3.40. The molecule has 2 unspecified atom stereocenters. The van der Waals surface area contributed by atoms with Gasteiger partial charge in [-0.05, 0) is 37.5 Å². The molecule has 5 heteroatoms. The number of benzene rings is 1. The average molecular weight is 303 g/mol. The minimum Gasteiger partial charge on any atom is -0.366 e. The summed E-state index contributed by atoms with van der Waals surface area (Å²) in [6.07, 6.45) is 2.50. The van der Waals surface area contributed by atoms with Crippen molar-refractivity contribution in [3.8, 4) is 0 Å². The summed E-state index contributed by atoms with van der Waals surface area (Å²) in [5, 5.41) is 0. The molecule has 1 aromatic heterocycles. The van der Waals surface area contributed by atoms with E-state index in [4.69, 9.17) is 4.74 Å². The number of likely N-dealkylation sites (tertiary alicyclic amines) is 1. The Morgan fingerprint density at radius 1 is 1.36 bits per heavy atom. The Hall–Kier alpha value is -1.46. The molecule has 118 valence electrons. The van der Waals surface area contributed by atoms with Crippen LogP contribution in [0, 0.1) is 6.92 Å². The lowest BCUT2D eigenvalue weighted by Crippen LogP contribution is -2.39. The fraction of sp³-hybridized carbons (Fsp3) is 0.588. The van der Waals surface area contributed by atoms with Gasteiger partial charge in [0.1, 0.15) is 24.7 Å². The first-order valence-electron chi connectivity index (χ1n) is 8.14. The molecule has 0 bridgehead atoms. The molecule has 1 aliphatic heterocycles. The highest BCUT2D eigenvalue weighted by atomic mass is 19.1. The third-order valence-electron chi connectivity index (χ3n) is 4.94. The number of aryl methyl sites for hydroxylation is 1. The molecule has 2 aliphatic rings. The Kier molecular flexibility index (Phi) is 3.62. The minimum absolute atomic E-state index is 0.324. The number of hydrogen-bond donors (Lipinski definition) is 1. The molecule has 1 saturated carbocycles. The van der Waals surface area contributed by atoms with Gasteiger partial charge in [-0.2, -0.15) is 0 Å². The van der Waals surface area contributed by atoms with Gasteiger partial charge in [0.2, 0.25) is 0 Å². The fourth-order valence-corrected chi connectivity index (χ4v) is 3.40. The van der Waals surface area contributed by atoms with E-state index < -0.39 is 6.17 Å². The van der Waals surface area contributed by atoms with E-state index in [2.05, 4.69) is 27.9 Å². The number of imidazole rings is 1. The second-order valence-corrected chi connectivity index (χ2v) is 6.61. The van der Waals surface area contributed by atoms with Crippen LogP contribution in [-0.4, -0.2) is 46.3 Å². The van der Waals surface area contributed by atoms with Crippen LogP contribution in [0.4, 0.5) is 4.39 Å². The van der Waals surface area contributed by atoms with Crippen LogP contribution >= 0.6 is 0 Å². The highest BCUT2D eigenvalue weighted by Crippen LogP contribution is 2.30. The number of aromatic amines is 1. The molecule has 4 nitrogen and oxygen atoms in total. The Morgan fingerprint density at radius 3 is 3.00 bits per heavy atom. The Labute approximate surface area is 129 Å². The summed E-state index contributed by atoms with van der Waals surface area (Å²) in [6.45, 7) is 3.63.